The molecule has 0 unspecified atom stereocenters. The summed E-state index contributed by atoms with van der Waals surface area (Å²) < 4.78 is 6.56. The summed E-state index contributed by atoms with van der Waals surface area (Å²) in [4.78, 5) is 8.29. The predicted molar refractivity (Wildman–Crippen MR) is 116 cm³/mol. The quantitative estimate of drug-likeness (QED) is 0.512. The molecule has 2 rings (SSSR count). The second-order valence-corrected chi connectivity index (χ2v) is 12.4. The van der Waals surface area contributed by atoms with Crippen LogP contribution in [0.2, 0.25) is 0 Å². The first kappa shape index (κ1) is 20.8. The van der Waals surface area contributed by atoms with Gasteiger partial charge in [0.25, 0.3) is 0 Å². The molecule has 0 aliphatic carbocycles. The van der Waals surface area contributed by atoms with Crippen LogP contribution < -0.4 is 4.74 Å². The Morgan fingerprint density at radius 1 is 0.962 bits per heavy atom. The molecule has 140 valence electrons. The van der Waals surface area contributed by atoms with Gasteiger partial charge in [0.2, 0.25) is 0 Å². The molecular weight excluding hydrogens is 408 g/mol. The smallest absolute Gasteiger partial charge is 0.321 e. The van der Waals surface area contributed by atoms with Crippen molar-refractivity contribution >= 4 is 26.0 Å². The molecule has 0 amide bonds. The van der Waals surface area contributed by atoms with Gasteiger partial charge in [-0.05, 0) is 55.1 Å². The van der Waals surface area contributed by atoms with E-state index < -0.39 is 10.0 Å². The zero-order valence-corrected chi connectivity index (χ0v) is 18.7. The molecule has 0 bridgehead atoms. The van der Waals surface area contributed by atoms with E-state index in [9.17, 15) is 0 Å². The van der Waals surface area contributed by atoms with Crippen LogP contribution in [0.1, 0.15) is 47.1 Å². The normalized spacial score (nSPS) is 12.2. The fraction of sp³-hybridized carbons (Fsp3) is 0.429. The summed E-state index contributed by atoms with van der Waals surface area (Å²) in [5, 5.41) is 5.37. The van der Waals surface area contributed by atoms with Crippen molar-refractivity contribution in [3.63, 3.8) is 0 Å². The predicted octanol–water partition coefficient (Wildman–Crippen LogP) is 6.37. The lowest BCUT2D eigenvalue weighted by molar-refractivity contribution is 0.441. The molecule has 0 saturated heterocycles. The maximum absolute atomic E-state index is 5.74. The van der Waals surface area contributed by atoms with E-state index in [2.05, 4.69) is 78.6 Å². The highest BCUT2D eigenvalue weighted by atomic mass is 79.9. The molecule has 0 fully saturated rings. The third-order valence-electron chi connectivity index (χ3n) is 4.35. The van der Waals surface area contributed by atoms with E-state index in [1.54, 1.807) is 12.4 Å². The number of halogens is 1. The van der Waals surface area contributed by atoms with Gasteiger partial charge in [-0.2, -0.15) is 10.0 Å². The third kappa shape index (κ3) is 4.81. The summed E-state index contributed by atoms with van der Waals surface area (Å²) in [5.74, 6) is 4.12. The summed E-state index contributed by atoms with van der Waals surface area (Å²) >= 11 is 3.32. The van der Waals surface area contributed by atoms with Gasteiger partial charge >= 0.3 is 6.01 Å². The van der Waals surface area contributed by atoms with Gasteiger partial charge in [0.1, 0.15) is 5.75 Å². The van der Waals surface area contributed by atoms with Gasteiger partial charge in [-0.1, -0.05) is 53.5 Å². The number of hydrogen-bond donors (Lipinski definition) is 0. The van der Waals surface area contributed by atoms with Crippen molar-refractivity contribution in [2.75, 3.05) is 0 Å². The highest BCUT2D eigenvalue weighted by Gasteiger charge is 2.32. The average Bonchev–Trinajstić information content (AvgIpc) is 2.57. The number of ether oxygens (including phenoxy) is 1. The Labute approximate surface area is 167 Å². The topological polar surface area (TPSA) is 35.0 Å². The molecule has 0 saturated carbocycles. The van der Waals surface area contributed by atoms with Crippen LogP contribution in [-0.2, 0) is 0 Å². The second-order valence-electron chi connectivity index (χ2n) is 6.95. The molecule has 0 N–H and O–H groups in total. The lowest BCUT2D eigenvalue weighted by atomic mass is 10.2. The Morgan fingerprint density at radius 3 is 2.08 bits per heavy atom. The van der Waals surface area contributed by atoms with Gasteiger partial charge in [-0.15, -0.1) is 0 Å². The zero-order valence-electron chi connectivity index (χ0n) is 16.3. The molecule has 2 aromatic rings. The highest BCUT2D eigenvalue weighted by molar-refractivity contribution is 9.10. The minimum atomic E-state index is -1.05. The SMILES string of the molecule is CC(C)S(C#Cc1cccc(Oc2ncc(Br)cn2)c1)(C(C)C)C(C)C. The first-order valence-electron chi connectivity index (χ1n) is 8.83. The lowest BCUT2D eigenvalue weighted by Gasteiger charge is -2.46. The Balaban J connectivity index is 2.30. The fourth-order valence-electron chi connectivity index (χ4n) is 3.23. The van der Waals surface area contributed by atoms with Crippen molar-refractivity contribution in [2.24, 2.45) is 0 Å². The van der Waals surface area contributed by atoms with Crippen LogP contribution in [0.5, 0.6) is 11.8 Å². The van der Waals surface area contributed by atoms with E-state index >= 15 is 0 Å². The minimum absolute atomic E-state index is 0.324. The molecule has 0 radical (unpaired) electrons. The standard InChI is InChI=1S/C21H27BrN2OS/c1-15(2)26(16(3)4,17(5)6)11-10-18-8-7-9-20(12-18)25-21-23-13-19(22)14-24-21/h7-9,12-17H,1-6H3. The Bertz CT molecular complexity index is 770. The van der Waals surface area contributed by atoms with E-state index in [0.717, 1.165) is 10.0 Å². The van der Waals surface area contributed by atoms with Gasteiger partial charge in [0, 0.05) is 18.0 Å². The van der Waals surface area contributed by atoms with Crippen LogP contribution in [0.25, 0.3) is 0 Å². The summed E-state index contributed by atoms with van der Waals surface area (Å²) in [6, 6.07) is 8.14. The van der Waals surface area contributed by atoms with Crippen molar-refractivity contribution in [2.45, 2.75) is 57.3 Å². The number of nitrogens with zero attached hydrogens (tertiary/aromatic N) is 2. The molecule has 26 heavy (non-hydrogen) atoms. The first-order valence-corrected chi connectivity index (χ1v) is 11.5. The van der Waals surface area contributed by atoms with Gasteiger partial charge in [0.05, 0.1) is 4.47 Å². The highest BCUT2D eigenvalue weighted by Crippen LogP contribution is 2.59. The molecule has 0 aliphatic heterocycles. The van der Waals surface area contributed by atoms with E-state index in [-0.39, 0.29) is 0 Å². The monoisotopic (exact) mass is 434 g/mol. The van der Waals surface area contributed by atoms with Crippen LogP contribution in [0.15, 0.2) is 41.1 Å². The number of benzene rings is 1. The molecule has 1 aromatic heterocycles. The van der Waals surface area contributed by atoms with E-state index in [0.29, 0.717) is 27.5 Å². The number of hydrogen-bond acceptors (Lipinski definition) is 3. The van der Waals surface area contributed by atoms with Crippen LogP contribution >= 0.6 is 26.0 Å². The van der Waals surface area contributed by atoms with Crippen LogP contribution in [-0.4, -0.2) is 25.7 Å². The third-order valence-corrected chi connectivity index (χ3v) is 9.90. The first-order chi connectivity index (χ1) is 12.3. The summed E-state index contributed by atoms with van der Waals surface area (Å²) in [6.07, 6.45) is 3.33. The summed E-state index contributed by atoms with van der Waals surface area (Å²) in [7, 11) is -1.05. The van der Waals surface area contributed by atoms with Crippen LogP contribution in [0.3, 0.4) is 0 Å². The van der Waals surface area contributed by atoms with Crippen molar-refractivity contribution < 1.29 is 4.74 Å². The Morgan fingerprint density at radius 2 is 1.54 bits per heavy atom. The van der Waals surface area contributed by atoms with Crippen molar-refractivity contribution in [1.29, 1.82) is 0 Å². The van der Waals surface area contributed by atoms with Gasteiger partial charge in [-0.3, -0.25) is 0 Å². The van der Waals surface area contributed by atoms with E-state index in [1.807, 2.05) is 24.3 Å². The molecule has 0 aliphatic rings. The van der Waals surface area contributed by atoms with Gasteiger partial charge < -0.3 is 4.74 Å². The maximum Gasteiger partial charge on any atom is 0.321 e. The summed E-state index contributed by atoms with van der Waals surface area (Å²) in [6.45, 7) is 13.8. The fourth-order valence-corrected chi connectivity index (χ4v) is 7.70. The van der Waals surface area contributed by atoms with Crippen LogP contribution in [0.4, 0.5) is 0 Å². The van der Waals surface area contributed by atoms with E-state index in [1.165, 1.54) is 0 Å². The largest absolute Gasteiger partial charge is 0.424 e. The molecule has 0 atom stereocenters. The molecule has 3 nitrogen and oxygen atoms in total. The molecular formula is C21H27BrN2OS. The van der Waals surface area contributed by atoms with E-state index in [4.69, 9.17) is 4.74 Å². The molecule has 1 heterocycles. The molecule has 5 heteroatoms. The van der Waals surface area contributed by atoms with Gasteiger partial charge in [-0.25, -0.2) is 9.97 Å². The minimum Gasteiger partial charge on any atom is -0.424 e. The van der Waals surface area contributed by atoms with Crippen molar-refractivity contribution in [1.82, 2.24) is 9.97 Å². The summed E-state index contributed by atoms with van der Waals surface area (Å²) in [5.41, 5.74) is 0.957. The van der Waals surface area contributed by atoms with Gasteiger partial charge in [0.15, 0.2) is 0 Å². The molecule has 0 spiro atoms. The van der Waals surface area contributed by atoms with Crippen LogP contribution in [0, 0.1) is 11.2 Å². The number of rotatable bonds is 5. The Hall–Kier alpha value is -1.51. The number of aromatic nitrogens is 2. The zero-order chi connectivity index (χ0) is 19.3. The molecule has 1 aromatic carbocycles. The van der Waals surface area contributed by atoms with Crippen molar-refractivity contribution in [3.8, 4) is 22.9 Å². The Kier molecular flexibility index (Phi) is 7.14. The maximum atomic E-state index is 5.74. The second kappa shape index (κ2) is 8.92. The average molecular weight is 435 g/mol. The van der Waals surface area contributed by atoms with Crippen molar-refractivity contribution in [3.05, 3.63) is 46.7 Å². The lowest BCUT2D eigenvalue weighted by Crippen LogP contribution is -2.27.